The Morgan fingerprint density at radius 3 is 2.19 bits per heavy atom. The average Bonchev–Trinajstić information content (AvgIpc) is 2.83. The summed E-state index contributed by atoms with van der Waals surface area (Å²) in [5.74, 6) is 0.743. The van der Waals surface area contributed by atoms with E-state index in [2.05, 4.69) is 24.1 Å². The molecule has 1 amide bonds. The largest absolute Gasteiger partial charge is 0.494 e. The van der Waals surface area contributed by atoms with Crippen LogP contribution in [0.25, 0.3) is 0 Å². The van der Waals surface area contributed by atoms with Crippen molar-refractivity contribution in [2.24, 2.45) is 0 Å². The normalized spacial score (nSPS) is 18.0. The first-order valence-corrected chi connectivity index (χ1v) is 9.32. The van der Waals surface area contributed by atoms with Crippen LogP contribution in [0.4, 0.5) is 5.82 Å². The third-order valence-corrected chi connectivity index (χ3v) is 5.39. The van der Waals surface area contributed by atoms with Gasteiger partial charge in [0.25, 0.3) is 5.91 Å². The van der Waals surface area contributed by atoms with Crippen LogP contribution in [0.2, 0.25) is 0 Å². The van der Waals surface area contributed by atoms with Gasteiger partial charge < -0.3 is 14.6 Å². The molecule has 0 unspecified atom stereocenters. The number of carbonyl (C=O) groups excluding carboxylic acids is 1. The van der Waals surface area contributed by atoms with Crippen molar-refractivity contribution in [1.29, 1.82) is 0 Å². The van der Waals surface area contributed by atoms with Crippen LogP contribution in [0, 0.1) is 0 Å². The summed E-state index contributed by atoms with van der Waals surface area (Å²) in [6.45, 7) is 12.3. The monoisotopic (exact) mass is 366 g/mol. The highest BCUT2D eigenvalue weighted by molar-refractivity contribution is 6.62. The van der Waals surface area contributed by atoms with Crippen LogP contribution in [-0.2, 0) is 9.31 Å². The van der Waals surface area contributed by atoms with Crippen molar-refractivity contribution in [2.45, 2.75) is 58.7 Å². The second kappa shape index (κ2) is 7.10. The molecule has 1 aliphatic heterocycles. The summed E-state index contributed by atoms with van der Waals surface area (Å²) in [6.07, 6.45) is 1.71. The first kappa shape index (κ1) is 19.6. The van der Waals surface area contributed by atoms with Gasteiger partial charge in [-0.05, 0) is 68.9 Å². The Labute approximate surface area is 161 Å². The molecule has 6 heteroatoms. The van der Waals surface area contributed by atoms with Crippen LogP contribution in [0.3, 0.4) is 0 Å². The van der Waals surface area contributed by atoms with Crippen molar-refractivity contribution >= 4 is 24.3 Å². The van der Waals surface area contributed by atoms with Crippen LogP contribution in [0.1, 0.15) is 63.4 Å². The Balaban J connectivity index is 1.70. The predicted octanol–water partition coefficient (Wildman–Crippen LogP) is 3.76. The van der Waals surface area contributed by atoms with E-state index in [1.54, 1.807) is 18.3 Å². The van der Waals surface area contributed by atoms with Crippen LogP contribution in [0.5, 0.6) is 0 Å². The Bertz CT molecular complexity index is 816. The van der Waals surface area contributed by atoms with Crippen molar-refractivity contribution in [2.75, 3.05) is 5.32 Å². The molecule has 2 heterocycles. The van der Waals surface area contributed by atoms with E-state index in [1.165, 1.54) is 0 Å². The van der Waals surface area contributed by atoms with E-state index in [0.717, 1.165) is 11.0 Å². The topological polar surface area (TPSA) is 60.5 Å². The van der Waals surface area contributed by atoms with Gasteiger partial charge in [0.15, 0.2) is 0 Å². The Morgan fingerprint density at radius 2 is 1.63 bits per heavy atom. The van der Waals surface area contributed by atoms with Gasteiger partial charge in [0.2, 0.25) is 0 Å². The molecule has 0 radical (unpaired) electrons. The number of pyridine rings is 1. The molecule has 1 saturated heterocycles. The molecule has 27 heavy (non-hydrogen) atoms. The molecule has 142 valence electrons. The first-order valence-electron chi connectivity index (χ1n) is 9.32. The van der Waals surface area contributed by atoms with Crippen LogP contribution in [-0.4, -0.2) is 29.2 Å². The fraction of sp³-hybridized carbons (Fsp3) is 0.429. The van der Waals surface area contributed by atoms with Gasteiger partial charge in [-0.3, -0.25) is 4.79 Å². The summed E-state index contributed by atoms with van der Waals surface area (Å²) in [7, 11) is -0.434. The molecule has 1 N–H and O–H groups in total. The number of amides is 1. The molecule has 0 saturated carbocycles. The van der Waals surface area contributed by atoms with Crippen LogP contribution >= 0.6 is 0 Å². The molecule has 0 aliphatic carbocycles. The lowest BCUT2D eigenvalue weighted by Crippen LogP contribution is -2.41. The van der Waals surface area contributed by atoms with Gasteiger partial charge in [-0.1, -0.05) is 26.0 Å². The number of benzene rings is 1. The summed E-state index contributed by atoms with van der Waals surface area (Å²) in [6, 6.07) is 11.2. The van der Waals surface area contributed by atoms with Crippen molar-refractivity contribution in [3.63, 3.8) is 0 Å². The maximum absolute atomic E-state index is 12.5. The molecule has 1 aromatic carbocycles. The van der Waals surface area contributed by atoms with Crippen molar-refractivity contribution in [1.82, 2.24) is 4.98 Å². The molecule has 0 bridgehead atoms. The van der Waals surface area contributed by atoms with E-state index in [0.29, 0.717) is 17.3 Å². The lowest BCUT2D eigenvalue weighted by molar-refractivity contribution is 0.00578. The SMILES string of the molecule is CC(C)c1ccnc(NC(=O)c2ccc(B3OC(C)(C)C(C)(C)O3)cc2)c1. The van der Waals surface area contributed by atoms with Crippen molar-refractivity contribution in [3.8, 4) is 0 Å². The first-order chi connectivity index (χ1) is 12.6. The number of anilines is 1. The fourth-order valence-electron chi connectivity index (χ4n) is 2.83. The van der Waals surface area contributed by atoms with E-state index >= 15 is 0 Å². The summed E-state index contributed by atoms with van der Waals surface area (Å²) >= 11 is 0. The zero-order valence-corrected chi connectivity index (χ0v) is 16.9. The minimum absolute atomic E-state index is 0.191. The molecular weight excluding hydrogens is 339 g/mol. The maximum Gasteiger partial charge on any atom is 0.494 e. The van der Waals surface area contributed by atoms with E-state index in [9.17, 15) is 4.79 Å². The van der Waals surface area contributed by atoms with Gasteiger partial charge in [-0.15, -0.1) is 0 Å². The second-order valence-electron chi connectivity index (χ2n) is 8.29. The molecule has 1 aliphatic rings. The molecule has 2 aromatic rings. The molecule has 5 nitrogen and oxygen atoms in total. The van der Waals surface area contributed by atoms with Crippen LogP contribution in [0.15, 0.2) is 42.6 Å². The smallest absolute Gasteiger partial charge is 0.399 e. The number of nitrogens with one attached hydrogen (secondary N) is 1. The fourth-order valence-corrected chi connectivity index (χ4v) is 2.83. The van der Waals surface area contributed by atoms with Gasteiger partial charge in [-0.2, -0.15) is 0 Å². The predicted molar refractivity (Wildman–Crippen MR) is 108 cm³/mol. The Hall–Kier alpha value is -2.18. The summed E-state index contributed by atoms with van der Waals surface area (Å²) < 4.78 is 12.1. The highest BCUT2D eigenvalue weighted by Crippen LogP contribution is 2.36. The van der Waals surface area contributed by atoms with E-state index in [1.807, 2.05) is 52.0 Å². The van der Waals surface area contributed by atoms with Gasteiger partial charge in [-0.25, -0.2) is 4.98 Å². The molecule has 1 aromatic heterocycles. The number of nitrogens with zero attached hydrogens (tertiary/aromatic N) is 1. The number of hydrogen-bond acceptors (Lipinski definition) is 4. The number of carbonyl (C=O) groups is 1. The quantitative estimate of drug-likeness (QED) is 0.838. The third kappa shape index (κ3) is 4.07. The zero-order chi connectivity index (χ0) is 19.8. The molecule has 0 atom stereocenters. The standard InChI is InChI=1S/C21H27BN2O3/c1-14(2)16-11-12-23-18(13-16)24-19(25)15-7-9-17(10-8-15)22-26-20(3,4)21(5,6)27-22/h7-14H,1-6H3,(H,23,24,25). The Morgan fingerprint density at radius 1 is 1.04 bits per heavy atom. The molecule has 1 fully saturated rings. The minimum Gasteiger partial charge on any atom is -0.399 e. The van der Waals surface area contributed by atoms with Crippen molar-refractivity contribution < 1.29 is 14.1 Å². The van der Waals surface area contributed by atoms with Gasteiger partial charge in [0.1, 0.15) is 5.82 Å². The lowest BCUT2D eigenvalue weighted by Gasteiger charge is -2.32. The third-order valence-electron chi connectivity index (χ3n) is 5.39. The molecular formula is C21H27BN2O3. The van der Waals surface area contributed by atoms with E-state index in [-0.39, 0.29) is 17.1 Å². The number of hydrogen-bond donors (Lipinski definition) is 1. The lowest BCUT2D eigenvalue weighted by atomic mass is 9.79. The second-order valence-corrected chi connectivity index (χ2v) is 8.29. The average molecular weight is 366 g/mol. The van der Waals surface area contributed by atoms with E-state index < -0.39 is 7.12 Å². The molecule has 0 spiro atoms. The van der Waals surface area contributed by atoms with Crippen LogP contribution < -0.4 is 10.8 Å². The minimum atomic E-state index is -0.434. The van der Waals surface area contributed by atoms with Gasteiger partial charge >= 0.3 is 7.12 Å². The summed E-state index contributed by atoms with van der Waals surface area (Å²) in [4.78, 5) is 16.7. The van der Waals surface area contributed by atoms with Gasteiger partial charge in [0.05, 0.1) is 11.2 Å². The van der Waals surface area contributed by atoms with Gasteiger partial charge in [0, 0.05) is 11.8 Å². The Kier molecular flexibility index (Phi) is 5.15. The summed E-state index contributed by atoms with van der Waals surface area (Å²) in [5, 5.41) is 2.86. The highest BCUT2D eigenvalue weighted by Gasteiger charge is 2.51. The summed E-state index contributed by atoms with van der Waals surface area (Å²) in [5.41, 5.74) is 1.82. The number of aromatic nitrogens is 1. The highest BCUT2D eigenvalue weighted by atomic mass is 16.7. The zero-order valence-electron chi connectivity index (χ0n) is 16.9. The van der Waals surface area contributed by atoms with E-state index in [4.69, 9.17) is 9.31 Å². The number of rotatable bonds is 4. The maximum atomic E-state index is 12.5. The van der Waals surface area contributed by atoms with Crippen molar-refractivity contribution in [3.05, 3.63) is 53.7 Å². The molecule has 3 rings (SSSR count).